The van der Waals surface area contributed by atoms with E-state index in [1.54, 1.807) is 24.4 Å². The van der Waals surface area contributed by atoms with Crippen LogP contribution in [0, 0.1) is 6.92 Å². The van der Waals surface area contributed by atoms with Gasteiger partial charge in [-0.2, -0.15) is 5.10 Å². The highest BCUT2D eigenvalue weighted by molar-refractivity contribution is 5.93. The van der Waals surface area contributed by atoms with Crippen molar-refractivity contribution in [3.8, 4) is 0 Å². The lowest BCUT2D eigenvalue weighted by molar-refractivity contribution is -0.117. The van der Waals surface area contributed by atoms with Crippen molar-refractivity contribution in [2.45, 2.75) is 13.5 Å². The summed E-state index contributed by atoms with van der Waals surface area (Å²) < 4.78 is 1.20. The van der Waals surface area contributed by atoms with Crippen LogP contribution in [0.3, 0.4) is 0 Å². The third-order valence-corrected chi connectivity index (χ3v) is 4.23. The number of aromatic nitrogens is 3. The normalized spacial score (nSPS) is 11.0. The number of nitrogens with one attached hydrogen (secondary N) is 1. The summed E-state index contributed by atoms with van der Waals surface area (Å²) in [6.07, 6.45) is 1.72. The van der Waals surface area contributed by atoms with Crippen LogP contribution >= 0.6 is 0 Å². The molecule has 0 bridgehead atoms. The van der Waals surface area contributed by atoms with Crippen molar-refractivity contribution in [3.05, 3.63) is 76.8 Å². The van der Waals surface area contributed by atoms with E-state index in [0.29, 0.717) is 16.8 Å². The molecular weight excluding hydrogens is 328 g/mol. The topological polar surface area (TPSA) is 76.9 Å². The lowest BCUT2D eigenvalue weighted by Crippen LogP contribution is -2.30. The van der Waals surface area contributed by atoms with Gasteiger partial charge in [-0.15, -0.1) is 0 Å². The summed E-state index contributed by atoms with van der Waals surface area (Å²) in [7, 11) is 0. The summed E-state index contributed by atoms with van der Waals surface area (Å²) in [5.74, 6) is -0.308. The summed E-state index contributed by atoms with van der Waals surface area (Å²) in [5.41, 5.74) is 1.95. The van der Waals surface area contributed by atoms with Gasteiger partial charge in [0, 0.05) is 22.7 Å². The third-order valence-electron chi connectivity index (χ3n) is 4.23. The summed E-state index contributed by atoms with van der Waals surface area (Å²) in [6.45, 7) is 1.68. The third kappa shape index (κ3) is 2.93. The second-order valence-corrected chi connectivity index (χ2v) is 6.05. The van der Waals surface area contributed by atoms with Crippen LogP contribution in [0.2, 0.25) is 0 Å². The number of aryl methyl sites for hydroxylation is 1. The molecule has 0 atom stereocenters. The Morgan fingerprint density at radius 2 is 1.88 bits per heavy atom. The van der Waals surface area contributed by atoms with Gasteiger partial charge in [0.1, 0.15) is 6.54 Å². The number of hydrogen-bond acceptors (Lipinski definition) is 4. The first-order valence-corrected chi connectivity index (χ1v) is 8.23. The van der Waals surface area contributed by atoms with Crippen LogP contribution in [0.1, 0.15) is 5.69 Å². The zero-order chi connectivity index (χ0) is 18.1. The first-order chi connectivity index (χ1) is 12.6. The lowest BCUT2D eigenvalue weighted by atomic mass is 10.1. The number of fused-ring (bicyclic) bond motifs is 2. The van der Waals surface area contributed by atoms with Gasteiger partial charge in [0.25, 0.3) is 5.56 Å². The van der Waals surface area contributed by atoms with E-state index in [9.17, 15) is 9.59 Å². The van der Waals surface area contributed by atoms with E-state index < -0.39 is 0 Å². The molecular formula is C20H16N4O2. The average Bonchev–Trinajstić information content (AvgIpc) is 2.66. The van der Waals surface area contributed by atoms with E-state index in [0.717, 1.165) is 16.3 Å². The van der Waals surface area contributed by atoms with Crippen molar-refractivity contribution >= 4 is 33.3 Å². The largest absolute Gasteiger partial charge is 0.324 e. The van der Waals surface area contributed by atoms with Gasteiger partial charge >= 0.3 is 0 Å². The molecule has 0 spiro atoms. The number of pyridine rings is 1. The number of amides is 1. The first-order valence-electron chi connectivity index (χ1n) is 8.23. The molecule has 26 heavy (non-hydrogen) atoms. The Labute approximate surface area is 149 Å². The molecule has 4 aromatic rings. The Balaban J connectivity index is 1.60. The zero-order valence-electron chi connectivity index (χ0n) is 14.1. The Hall–Kier alpha value is -3.54. The molecule has 0 unspecified atom stereocenters. The van der Waals surface area contributed by atoms with Crippen LogP contribution in [0.25, 0.3) is 21.7 Å². The molecule has 0 saturated heterocycles. The van der Waals surface area contributed by atoms with Gasteiger partial charge in [-0.1, -0.05) is 24.3 Å². The minimum absolute atomic E-state index is 0.143. The predicted octanol–water partition coefficient (Wildman–Crippen LogP) is 2.89. The summed E-state index contributed by atoms with van der Waals surface area (Å²) in [4.78, 5) is 29.2. The van der Waals surface area contributed by atoms with Gasteiger partial charge in [-0.25, -0.2) is 4.68 Å². The monoisotopic (exact) mass is 344 g/mol. The molecule has 2 aromatic carbocycles. The number of carbonyl (C=O) groups excluding carboxylic acids is 1. The van der Waals surface area contributed by atoms with Gasteiger partial charge in [0.15, 0.2) is 0 Å². The predicted molar refractivity (Wildman–Crippen MR) is 101 cm³/mol. The average molecular weight is 344 g/mol. The Morgan fingerprint density at radius 1 is 1.08 bits per heavy atom. The fourth-order valence-corrected chi connectivity index (χ4v) is 3.00. The van der Waals surface area contributed by atoms with Crippen molar-refractivity contribution < 1.29 is 4.79 Å². The van der Waals surface area contributed by atoms with Gasteiger partial charge in [-0.3, -0.25) is 14.6 Å². The van der Waals surface area contributed by atoms with Crippen LogP contribution in [-0.4, -0.2) is 20.7 Å². The molecule has 2 aromatic heterocycles. The molecule has 4 rings (SSSR count). The highest BCUT2D eigenvalue weighted by Crippen LogP contribution is 2.17. The van der Waals surface area contributed by atoms with Crippen molar-refractivity contribution in [2.24, 2.45) is 0 Å². The molecule has 6 heteroatoms. The molecule has 0 aliphatic heterocycles. The zero-order valence-corrected chi connectivity index (χ0v) is 14.1. The van der Waals surface area contributed by atoms with E-state index >= 15 is 0 Å². The molecule has 0 fully saturated rings. The van der Waals surface area contributed by atoms with Gasteiger partial charge in [-0.05, 0) is 37.3 Å². The highest BCUT2D eigenvalue weighted by atomic mass is 16.2. The van der Waals surface area contributed by atoms with Crippen molar-refractivity contribution in [1.29, 1.82) is 0 Å². The van der Waals surface area contributed by atoms with Crippen LogP contribution < -0.4 is 10.9 Å². The van der Waals surface area contributed by atoms with Gasteiger partial charge in [0.2, 0.25) is 5.91 Å². The standard InChI is InChI=1S/C20H16N4O2/c1-13-16-6-2-3-7-17(16)20(26)24(23-13)12-19(25)22-15-8-9-18-14(11-15)5-4-10-21-18/h2-11H,12H2,1H3,(H,22,25). The molecule has 2 heterocycles. The van der Waals surface area contributed by atoms with Crippen LogP contribution in [0.4, 0.5) is 5.69 Å². The lowest BCUT2D eigenvalue weighted by Gasteiger charge is -2.10. The second kappa shape index (κ2) is 6.40. The minimum atomic E-state index is -0.308. The number of nitrogens with zero attached hydrogens (tertiary/aromatic N) is 3. The highest BCUT2D eigenvalue weighted by Gasteiger charge is 2.11. The second-order valence-electron chi connectivity index (χ2n) is 6.05. The van der Waals surface area contributed by atoms with Crippen LogP contribution in [-0.2, 0) is 11.3 Å². The fraction of sp³-hybridized carbons (Fsp3) is 0.100. The van der Waals surface area contributed by atoms with E-state index in [2.05, 4.69) is 15.4 Å². The van der Waals surface area contributed by atoms with E-state index in [1.165, 1.54) is 4.68 Å². The summed E-state index contributed by atoms with van der Waals surface area (Å²) in [6, 6.07) is 16.5. The number of rotatable bonds is 3. The molecule has 0 radical (unpaired) electrons. The van der Waals surface area contributed by atoms with Crippen molar-refractivity contribution in [3.63, 3.8) is 0 Å². The molecule has 128 valence electrons. The Kier molecular flexibility index (Phi) is 3.93. The molecule has 0 aliphatic rings. The van der Waals surface area contributed by atoms with E-state index in [1.807, 2.05) is 43.3 Å². The molecule has 6 nitrogen and oxygen atoms in total. The van der Waals surface area contributed by atoms with Gasteiger partial charge in [0.05, 0.1) is 16.6 Å². The summed E-state index contributed by atoms with van der Waals surface area (Å²) >= 11 is 0. The Morgan fingerprint density at radius 3 is 2.73 bits per heavy atom. The number of carbonyl (C=O) groups is 1. The maximum Gasteiger partial charge on any atom is 0.275 e. The van der Waals surface area contributed by atoms with Gasteiger partial charge < -0.3 is 5.32 Å². The molecule has 0 saturated carbocycles. The molecule has 1 N–H and O–H groups in total. The quantitative estimate of drug-likeness (QED) is 0.620. The molecule has 0 aliphatic carbocycles. The minimum Gasteiger partial charge on any atom is -0.324 e. The maximum absolute atomic E-state index is 12.6. The molecule has 1 amide bonds. The fourth-order valence-electron chi connectivity index (χ4n) is 3.00. The number of benzene rings is 2. The SMILES string of the molecule is Cc1nn(CC(=O)Nc2ccc3ncccc3c2)c(=O)c2ccccc12. The van der Waals surface area contributed by atoms with Crippen molar-refractivity contribution in [2.75, 3.05) is 5.32 Å². The number of hydrogen-bond donors (Lipinski definition) is 1. The van der Waals surface area contributed by atoms with Crippen LogP contribution in [0.5, 0.6) is 0 Å². The Bertz CT molecular complexity index is 1200. The smallest absolute Gasteiger partial charge is 0.275 e. The summed E-state index contributed by atoms with van der Waals surface area (Å²) in [5, 5.41) is 9.37. The first kappa shape index (κ1) is 16.0. The maximum atomic E-state index is 12.6. The van der Waals surface area contributed by atoms with E-state index in [-0.39, 0.29) is 18.0 Å². The van der Waals surface area contributed by atoms with Crippen LogP contribution in [0.15, 0.2) is 65.6 Å². The van der Waals surface area contributed by atoms with E-state index in [4.69, 9.17) is 0 Å². The van der Waals surface area contributed by atoms with Crippen molar-refractivity contribution in [1.82, 2.24) is 14.8 Å². The number of anilines is 1.